The monoisotopic (exact) mass is 431 g/mol. The highest BCUT2D eigenvalue weighted by molar-refractivity contribution is 7.91. The Morgan fingerprint density at radius 2 is 1.86 bits per heavy atom. The fourth-order valence-electron chi connectivity index (χ4n) is 2.41. The van der Waals surface area contributed by atoms with Gasteiger partial charge in [-0.05, 0) is 43.7 Å². The van der Waals surface area contributed by atoms with Crippen LogP contribution in [0, 0.1) is 0 Å². The highest BCUT2D eigenvalue weighted by Gasteiger charge is 2.30. The van der Waals surface area contributed by atoms with Crippen molar-refractivity contribution in [1.29, 1.82) is 0 Å². The molecule has 11 heteroatoms. The predicted molar refractivity (Wildman–Crippen MR) is 102 cm³/mol. The fraction of sp³-hybridized carbons (Fsp3) is 0.333. The van der Waals surface area contributed by atoms with Crippen LogP contribution in [0.25, 0.3) is 0 Å². The number of benzene rings is 1. The van der Waals surface area contributed by atoms with Gasteiger partial charge in [-0.25, -0.2) is 18.2 Å². The van der Waals surface area contributed by atoms with Crippen molar-refractivity contribution in [2.75, 3.05) is 23.0 Å². The van der Waals surface area contributed by atoms with Crippen molar-refractivity contribution < 1.29 is 31.1 Å². The zero-order chi connectivity index (χ0) is 21.7. The van der Waals surface area contributed by atoms with Gasteiger partial charge in [-0.3, -0.25) is 5.32 Å². The van der Waals surface area contributed by atoms with Crippen molar-refractivity contribution >= 4 is 27.4 Å². The van der Waals surface area contributed by atoms with Gasteiger partial charge in [-0.1, -0.05) is 6.92 Å². The van der Waals surface area contributed by atoms with Gasteiger partial charge in [0.05, 0.1) is 28.5 Å². The topological polar surface area (TPSA) is 97.4 Å². The Hall–Kier alpha value is -2.82. The molecule has 29 heavy (non-hydrogen) atoms. The molecule has 2 amide bonds. The summed E-state index contributed by atoms with van der Waals surface area (Å²) in [7, 11) is -3.55. The number of hydrogen-bond acceptors (Lipinski definition) is 5. The predicted octanol–water partition coefficient (Wildman–Crippen LogP) is 4.33. The fourth-order valence-corrected chi connectivity index (χ4v) is 3.76. The van der Waals surface area contributed by atoms with Crippen molar-refractivity contribution in [2.24, 2.45) is 0 Å². The summed E-state index contributed by atoms with van der Waals surface area (Å²) in [6.45, 7) is 3.69. The van der Waals surface area contributed by atoms with Gasteiger partial charge in [-0.15, -0.1) is 0 Å². The maximum Gasteiger partial charge on any atom is 0.416 e. The van der Waals surface area contributed by atoms with Gasteiger partial charge in [0.25, 0.3) is 0 Å². The molecule has 158 valence electrons. The smallest absolute Gasteiger partial charge is 0.416 e. The van der Waals surface area contributed by atoms with Crippen LogP contribution in [0.5, 0.6) is 5.75 Å². The van der Waals surface area contributed by atoms with Gasteiger partial charge < -0.3 is 10.1 Å². The van der Waals surface area contributed by atoms with Crippen LogP contribution in [-0.4, -0.2) is 31.8 Å². The van der Waals surface area contributed by atoms with Crippen molar-refractivity contribution in [3.05, 3.63) is 42.1 Å². The first kappa shape index (κ1) is 22.5. The maximum absolute atomic E-state index is 12.8. The van der Waals surface area contributed by atoms with Crippen LogP contribution in [0.3, 0.4) is 0 Å². The molecule has 0 spiro atoms. The van der Waals surface area contributed by atoms with Gasteiger partial charge in [0.1, 0.15) is 11.6 Å². The molecule has 0 radical (unpaired) electrons. The number of nitrogens with one attached hydrogen (secondary N) is 2. The zero-order valence-electron chi connectivity index (χ0n) is 15.7. The van der Waals surface area contributed by atoms with E-state index in [9.17, 15) is 26.4 Å². The molecular formula is C18H20F3N3O4S. The summed E-state index contributed by atoms with van der Waals surface area (Å²) in [6, 6.07) is 4.58. The van der Waals surface area contributed by atoms with Gasteiger partial charge in [0.2, 0.25) is 0 Å². The lowest BCUT2D eigenvalue weighted by molar-refractivity contribution is -0.137. The summed E-state index contributed by atoms with van der Waals surface area (Å²) < 4.78 is 68.3. The van der Waals surface area contributed by atoms with Gasteiger partial charge in [-0.2, -0.15) is 13.2 Å². The number of hydrogen-bond donors (Lipinski definition) is 2. The number of carbonyl (C=O) groups excluding carboxylic acids is 1. The molecule has 0 atom stereocenters. The second-order valence-electron chi connectivity index (χ2n) is 5.92. The Bertz CT molecular complexity index is 979. The summed E-state index contributed by atoms with van der Waals surface area (Å²) in [5.74, 6) is -0.166. The Labute approximate surface area is 166 Å². The molecule has 0 saturated heterocycles. The summed E-state index contributed by atoms with van der Waals surface area (Å²) in [6.07, 6.45) is -3.25. The minimum Gasteiger partial charge on any atom is -0.492 e. The van der Waals surface area contributed by atoms with Crippen LogP contribution in [0.4, 0.5) is 29.5 Å². The molecular weight excluding hydrogens is 411 g/mol. The molecule has 0 aliphatic carbocycles. The van der Waals surface area contributed by atoms with Crippen molar-refractivity contribution in [3.8, 4) is 5.75 Å². The molecule has 1 aromatic heterocycles. The average molecular weight is 431 g/mol. The Kier molecular flexibility index (Phi) is 7.07. The van der Waals surface area contributed by atoms with Gasteiger partial charge in [0.15, 0.2) is 9.84 Å². The third kappa shape index (κ3) is 6.08. The number of amides is 2. The van der Waals surface area contributed by atoms with E-state index >= 15 is 0 Å². The molecule has 0 saturated carbocycles. The summed E-state index contributed by atoms with van der Waals surface area (Å²) >= 11 is 0. The van der Waals surface area contributed by atoms with Crippen LogP contribution in [0.15, 0.2) is 41.4 Å². The SMILES string of the molecule is CCCS(=O)(=O)c1ccc(OCC)c(NC(=O)Nc2cc(C(F)(F)F)ccn2)c1. The molecule has 2 N–H and O–H groups in total. The third-order valence-electron chi connectivity index (χ3n) is 3.66. The number of halogens is 3. The number of ether oxygens (including phenoxy) is 1. The normalized spacial score (nSPS) is 11.8. The maximum atomic E-state index is 12.8. The number of carbonyl (C=O) groups is 1. The zero-order valence-corrected chi connectivity index (χ0v) is 16.5. The lowest BCUT2D eigenvalue weighted by atomic mass is 10.2. The number of urea groups is 1. The summed E-state index contributed by atoms with van der Waals surface area (Å²) in [4.78, 5) is 15.9. The van der Waals surface area contributed by atoms with Gasteiger partial charge in [0, 0.05) is 6.20 Å². The first-order valence-corrected chi connectivity index (χ1v) is 10.3. The highest BCUT2D eigenvalue weighted by atomic mass is 32.2. The number of nitrogens with zero attached hydrogens (tertiary/aromatic N) is 1. The van der Waals surface area contributed by atoms with Crippen LogP contribution >= 0.6 is 0 Å². The van der Waals surface area contributed by atoms with Crippen LogP contribution in [-0.2, 0) is 16.0 Å². The molecule has 1 heterocycles. The quantitative estimate of drug-likeness (QED) is 0.680. The van der Waals surface area contributed by atoms with E-state index in [4.69, 9.17) is 4.74 Å². The molecule has 0 aliphatic heterocycles. The number of anilines is 2. The lowest BCUT2D eigenvalue weighted by Gasteiger charge is -2.14. The standard InChI is InChI=1S/C18H20F3N3O4S/c1-3-9-29(26,27)13-5-6-15(28-4-2)14(11-13)23-17(25)24-16-10-12(7-8-22-16)18(19,20)21/h5-8,10-11H,3-4,9H2,1-2H3,(H2,22,23,24,25). The van der Waals surface area contributed by atoms with E-state index in [-0.39, 0.29) is 34.5 Å². The number of rotatable bonds is 7. The number of sulfone groups is 1. The van der Waals surface area contributed by atoms with Crippen LogP contribution < -0.4 is 15.4 Å². The van der Waals surface area contributed by atoms with E-state index in [1.165, 1.54) is 18.2 Å². The molecule has 0 fully saturated rings. The Morgan fingerprint density at radius 1 is 1.14 bits per heavy atom. The molecule has 0 bridgehead atoms. The molecule has 2 rings (SSSR count). The van der Waals surface area contributed by atoms with Crippen LogP contribution in [0.2, 0.25) is 0 Å². The largest absolute Gasteiger partial charge is 0.492 e. The molecule has 7 nitrogen and oxygen atoms in total. The lowest BCUT2D eigenvalue weighted by Crippen LogP contribution is -2.21. The van der Waals surface area contributed by atoms with Crippen molar-refractivity contribution in [2.45, 2.75) is 31.3 Å². The number of pyridine rings is 1. The third-order valence-corrected chi connectivity index (χ3v) is 5.58. The number of alkyl halides is 3. The van der Waals surface area contributed by atoms with Crippen molar-refractivity contribution in [3.63, 3.8) is 0 Å². The molecule has 2 aromatic rings. The van der Waals surface area contributed by atoms with Crippen molar-refractivity contribution in [1.82, 2.24) is 4.98 Å². The van der Waals surface area contributed by atoms with E-state index < -0.39 is 27.6 Å². The number of aromatic nitrogens is 1. The Morgan fingerprint density at radius 3 is 2.48 bits per heavy atom. The minimum absolute atomic E-state index is 0.00435. The van der Waals surface area contributed by atoms with E-state index in [1.54, 1.807) is 13.8 Å². The Balaban J connectivity index is 2.26. The molecule has 1 aromatic carbocycles. The van der Waals surface area contributed by atoms with E-state index in [2.05, 4.69) is 15.6 Å². The second-order valence-corrected chi connectivity index (χ2v) is 8.03. The molecule has 0 aliphatic rings. The van der Waals surface area contributed by atoms with E-state index in [0.29, 0.717) is 12.5 Å². The summed E-state index contributed by atoms with van der Waals surface area (Å²) in [5, 5.41) is 4.59. The highest BCUT2D eigenvalue weighted by Crippen LogP contribution is 2.31. The van der Waals surface area contributed by atoms with E-state index in [1.807, 2.05) is 0 Å². The molecule has 0 unspecified atom stereocenters. The average Bonchev–Trinajstić information content (AvgIpc) is 2.62. The first-order valence-electron chi connectivity index (χ1n) is 8.67. The van der Waals surface area contributed by atoms with E-state index in [0.717, 1.165) is 12.3 Å². The minimum atomic E-state index is -4.58. The first-order chi connectivity index (χ1) is 13.6. The second kappa shape index (κ2) is 9.12. The van der Waals surface area contributed by atoms with Gasteiger partial charge >= 0.3 is 12.2 Å². The van der Waals surface area contributed by atoms with Crippen LogP contribution in [0.1, 0.15) is 25.8 Å². The summed E-state index contributed by atoms with van der Waals surface area (Å²) in [5.41, 5.74) is -0.904.